The molecule has 3 heteroatoms. The van der Waals surface area contributed by atoms with Crippen molar-refractivity contribution in [3.63, 3.8) is 0 Å². The smallest absolute Gasteiger partial charge is 0.0334 e. The first kappa shape index (κ1) is 14.2. The number of aryl methyl sites for hydroxylation is 1. The normalized spacial score (nSPS) is 13.2. The summed E-state index contributed by atoms with van der Waals surface area (Å²) in [6.45, 7) is 6.48. The van der Waals surface area contributed by atoms with Crippen LogP contribution in [0, 0.1) is 12.8 Å². The quantitative estimate of drug-likeness (QED) is 0.817. The average molecular weight is 349 g/mol. The van der Waals surface area contributed by atoms with Crippen LogP contribution in [-0.4, -0.2) is 0 Å². The lowest BCUT2D eigenvalue weighted by Gasteiger charge is -2.23. The molecule has 1 nitrogen and oxygen atoms in total. The molecule has 0 aliphatic rings. The van der Waals surface area contributed by atoms with E-state index in [1.54, 1.807) is 0 Å². The fourth-order valence-electron chi connectivity index (χ4n) is 1.97. The zero-order valence-electron chi connectivity index (χ0n) is 10.1. The lowest BCUT2D eigenvalue weighted by atomic mass is 9.89. The molecule has 0 radical (unpaired) electrons. The number of rotatable bonds is 4. The van der Waals surface area contributed by atoms with Crippen LogP contribution in [0.1, 0.15) is 43.9 Å². The first-order valence-electron chi connectivity index (χ1n) is 5.72. The highest BCUT2D eigenvalue weighted by Crippen LogP contribution is 2.33. The molecule has 0 heterocycles. The Morgan fingerprint density at radius 3 is 2.19 bits per heavy atom. The van der Waals surface area contributed by atoms with Gasteiger partial charge in [-0.2, -0.15) is 0 Å². The highest BCUT2D eigenvalue weighted by atomic mass is 79.9. The maximum Gasteiger partial charge on any atom is 0.0334 e. The number of nitrogens with two attached hydrogens (primary N) is 1. The van der Waals surface area contributed by atoms with E-state index in [0.717, 1.165) is 21.8 Å². The lowest BCUT2D eigenvalue weighted by Crippen LogP contribution is -2.21. The molecule has 1 rings (SSSR count). The summed E-state index contributed by atoms with van der Waals surface area (Å²) in [5.41, 5.74) is 8.76. The molecule has 2 N–H and O–H groups in total. The van der Waals surface area contributed by atoms with Crippen LogP contribution >= 0.6 is 31.9 Å². The molecule has 0 saturated carbocycles. The highest BCUT2D eigenvalue weighted by Gasteiger charge is 2.19. The molecule has 16 heavy (non-hydrogen) atoms. The highest BCUT2D eigenvalue weighted by molar-refractivity contribution is 9.11. The van der Waals surface area contributed by atoms with E-state index in [4.69, 9.17) is 5.73 Å². The minimum Gasteiger partial charge on any atom is -0.324 e. The molecule has 0 spiro atoms. The summed E-state index contributed by atoms with van der Waals surface area (Å²) in [5, 5.41) is 0. The lowest BCUT2D eigenvalue weighted by molar-refractivity contribution is 0.404. The second-order valence-electron chi connectivity index (χ2n) is 4.23. The van der Waals surface area contributed by atoms with Crippen molar-refractivity contribution in [2.75, 3.05) is 0 Å². The molecule has 1 aromatic carbocycles. The Bertz CT molecular complexity index is 359. The van der Waals surface area contributed by atoms with E-state index < -0.39 is 0 Å². The van der Waals surface area contributed by atoms with Crippen molar-refractivity contribution >= 4 is 31.9 Å². The van der Waals surface area contributed by atoms with Crippen LogP contribution in [0.15, 0.2) is 21.1 Å². The summed E-state index contributed by atoms with van der Waals surface area (Å²) >= 11 is 7.17. The minimum atomic E-state index is 0.112. The van der Waals surface area contributed by atoms with Gasteiger partial charge in [0.2, 0.25) is 0 Å². The Labute approximate surface area is 115 Å². The van der Waals surface area contributed by atoms with Crippen LogP contribution < -0.4 is 5.73 Å². The summed E-state index contributed by atoms with van der Waals surface area (Å²) in [6, 6.07) is 4.38. The van der Waals surface area contributed by atoms with Crippen LogP contribution in [0.2, 0.25) is 0 Å². The molecule has 90 valence electrons. The van der Waals surface area contributed by atoms with Crippen molar-refractivity contribution < 1.29 is 0 Å². The number of halogens is 2. The maximum absolute atomic E-state index is 6.33. The molecule has 1 unspecified atom stereocenters. The third-order valence-corrected chi connectivity index (χ3v) is 4.73. The Morgan fingerprint density at radius 2 is 1.69 bits per heavy atom. The van der Waals surface area contributed by atoms with Gasteiger partial charge in [-0.15, -0.1) is 0 Å². The fourth-order valence-corrected chi connectivity index (χ4v) is 3.05. The Morgan fingerprint density at radius 1 is 1.12 bits per heavy atom. The van der Waals surface area contributed by atoms with Gasteiger partial charge in [-0.1, -0.05) is 58.5 Å². The van der Waals surface area contributed by atoms with Gasteiger partial charge in [0, 0.05) is 15.0 Å². The zero-order valence-corrected chi connectivity index (χ0v) is 13.2. The molecule has 0 aromatic heterocycles. The third-order valence-electron chi connectivity index (χ3n) is 3.19. The molecule has 0 fully saturated rings. The van der Waals surface area contributed by atoms with E-state index in [1.165, 1.54) is 11.1 Å². The van der Waals surface area contributed by atoms with Crippen LogP contribution in [0.5, 0.6) is 0 Å². The predicted molar refractivity (Wildman–Crippen MR) is 77.6 cm³/mol. The number of hydrogen-bond acceptors (Lipinski definition) is 1. The van der Waals surface area contributed by atoms with Gasteiger partial charge in [-0.25, -0.2) is 0 Å². The molecule has 0 saturated heterocycles. The van der Waals surface area contributed by atoms with Crippen LogP contribution in [0.25, 0.3) is 0 Å². The van der Waals surface area contributed by atoms with Gasteiger partial charge in [0.05, 0.1) is 0 Å². The van der Waals surface area contributed by atoms with Crippen molar-refractivity contribution in [2.24, 2.45) is 11.7 Å². The van der Waals surface area contributed by atoms with Crippen LogP contribution in [0.4, 0.5) is 0 Å². The second kappa shape index (κ2) is 6.18. The Hall–Kier alpha value is 0.140. The Kier molecular flexibility index (Phi) is 5.48. The monoisotopic (exact) mass is 347 g/mol. The van der Waals surface area contributed by atoms with Gasteiger partial charge in [-0.05, 0) is 36.1 Å². The van der Waals surface area contributed by atoms with E-state index in [2.05, 4.69) is 64.8 Å². The first-order valence-corrected chi connectivity index (χ1v) is 7.30. The summed E-state index contributed by atoms with van der Waals surface area (Å²) in [7, 11) is 0. The molecule has 0 amide bonds. The van der Waals surface area contributed by atoms with Gasteiger partial charge in [-0.3, -0.25) is 0 Å². The predicted octanol–water partition coefficient (Wildman–Crippen LogP) is 4.96. The van der Waals surface area contributed by atoms with E-state index in [9.17, 15) is 0 Å². The van der Waals surface area contributed by atoms with Crippen molar-refractivity contribution in [3.05, 3.63) is 32.2 Å². The minimum absolute atomic E-state index is 0.112. The fraction of sp³-hybridized carbons (Fsp3) is 0.538. The topological polar surface area (TPSA) is 26.0 Å². The second-order valence-corrected chi connectivity index (χ2v) is 5.93. The van der Waals surface area contributed by atoms with Gasteiger partial charge < -0.3 is 5.73 Å². The summed E-state index contributed by atoms with van der Waals surface area (Å²) in [4.78, 5) is 0. The van der Waals surface area contributed by atoms with Gasteiger partial charge in [0.1, 0.15) is 0 Å². The van der Waals surface area contributed by atoms with Crippen molar-refractivity contribution in [1.82, 2.24) is 0 Å². The van der Waals surface area contributed by atoms with E-state index >= 15 is 0 Å². The number of benzene rings is 1. The van der Waals surface area contributed by atoms with E-state index in [0.29, 0.717) is 5.92 Å². The molecular formula is C13H19Br2N. The van der Waals surface area contributed by atoms with Gasteiger partial charge >= 0.3 is 0 Å². The van der Waals surface area contributed by atoms with Crippen molar-refractivity contribution in [2.45, 2.75) is 39.7 Å². The Balaban J connectivity index is 3.07. The molecule has 0 bridgehead atoms. The third kappa shape index (κ3) is 3.08. The average Bonchev–Trinajstić information content (AvgIpc) is 2.25. The first-order chi connectivity index (χ1) is 7.51. The van der Waals surface area contributed by atoms with Crippen molar-refractivity contribution in [3.8, 4) is 0 Å². The van der Waals surface area contributed by atoms with Crippen LogP contribution in [0.3, 0.4) is 0 Å². The molecule has 0 aliphatic carbocycles. The molecular weight excluding hydrogens is 330 g/mol. The van der Waals surface area contributed by atoms with E-state index in [1.807, 2.05) is 0 Å². The maximum atomic E-state index is 6.33. The summed E-state index contributed by atoms with van der Waals surface area (Å²) < 4.78 is 2.25. The van der Waals surface area contributed by atoms with Gasteiger partial charge in [0.25, 0.3) is 0 Å². The van der Waals surface area contributed by atoms with Crippen molar-refractivity contribution in [1.29, 1.82) is 0 Å². The molecule has 1 atom stereocenters. The molecule has 0 aliphatic heterocycles. The standard InChI is InChI=1S/C13H19Br2N/c1-4-9(5-2)13(16)10-7-11(14)8(3)6-12(10)15/h6-7,9,13H,4-5,16H2,1-3H3. The van der Waals surface area contributed by atoms with E-state index in [-0.39, 0.29) is 6.04 Å². The zero-order chi connectivity index (χ0) is 12.3. The summed E-state index contributed by atoms with van der Waals surface area (Å²) in [5.74, 6) is 0.547. The van der Waals surface area contributed by atoms with Crippen LogP contribution in [-0.2, 0) is 0 Å². The summed E-state index contributed by atoms with van der Waals surface area (Å²) in [6.07, 6.45) is 2.24. The molecule has 1 aromatic rings. The van der Waals surface area contributed by atoms with Gasteiger partial charge in [0.15, 0.2) is 0 Å². The largest absolute Gasteiger partial charge is 0.324 e. The SMILES string of the molecule is CCC(CC)C(N)c1cc(Br)c(C)cc1Br. The number of hydrogen-bond donors (Lipinski definition) is 1.